The molecule has 0 heterocycles. The van der Waals surface area contributed by atoms with Crippen molar-refractivity contribution < 1.29 is 14.3 Å². The zero-order valence-corrected chi connectivity index (χ0v) is 12.0. The molecule has 0 unspecified atom stereocenters. The van der Waals surface area contributed by atoms with Crippen LogP contribution in [0.5, 0.6) is 5.75 Å². The summed E-state index contributed by atoms with van der Waals surface area (Å²) in [5, 5.41) is 0. The summed E-state index contributed by atoms with van der Waals surface area (Å²) >= 11 is 0. The van der Waals surface area contributed by atoms with Crippen LogP contribution < -0.4 is 10.5 Å². The highest BCUT2D eigenvalue weighted by Crippen LogP contribution is 2.13. The lowest BCUT2D eigenvalue weighted by Crippen LogP contribution is -2.11. The second-order valence-electron chi connectivity index (χ2n) is 4.69. The molecule has 110 valence electrons. The third-order valence-electron chi connectivity index (χ3n) is 3.20. The van der Waals surface area contributed by atoms with Crippen molar-refractivity contribution in [2.75, 3.05) is 19.5 Å². The van der Waals surface area contributed by atoms with Gasteiger partial charge in [0.2, 0.25) is 0 Å². The summed E-state index contributed by atoms with van der Waals surface area (Å²) < 4.78 is 10.3. The molecule has 0 spiro atoms. The molecule has 0 aliphatic carbocycles. The summed E-state index contributed by atoms with van der Waals surface area (Å²) in [6.45, 7) is 0.359. The maximum absolute atomic E-state index is 11.8. The van der Waals surface area contributed by atoms with Crippen LogP contribution in [-0.4, -0.2) is 19.7 Å². The normalized spacial score (nSPS) is 10.1. The summed E-state index contributed by atoms with van der Waals surface area (Å²) in [5.74, 6) is 0.553. The molecule has 0 radical (unpaired) electrons. The zero-order valence-electron chi connectivity index (χ0n) is 12.0. The van der Waals surface area contributed by atoms with Crippen LogP contribution in [0.4, 0.5) is 5.69 Å². The van der Waals surface area contributed by atoms with E-state index >= 15 is 0 Å². The number of methoxy groups -OCH3 is 1. The highest BCUT2D eigenvalue weighted by atomic mass is 16.5. The van der Waals surface area contributed by atoms with Crippen LogP contribution in [-0.2, 0) is 22.4 Å². The van der Waals surface area contributed by atoms with E-state index in [4.69, 9.17) is 15.2 Å². The van der Waals surface area contributed by atoms with E-state index in [9.17, 15) is 4.79 Å². The van der Waals surface area contributed by atoms with Crippen LogP contribution in [0.2, 0.25) is 0 Å². The zero-order chi connectivity index (χ0) is 15.1. The summed E-state index contributed by atoms with van der Waals surface area (Å²) in [4.78, 5) is 11.8. The fourth-order valence-corrected chi connectivity index (χ4v) is 1.98. The van der Waals surface area contributed by atoms with Crippen molar-refractivity contribution in [2.24, 2.45) is 0 Å². The van der Waals surface area contributed by atoms with Crippen molar-refractivity contribution >= 4 is 11.7 Å². The average molecular weight is 285 g/mol. The minimum atomic E-state index is -0.263. The van der Waals surface area contributed by atoms with E-state index in [2.05, 4.69) is 0 Å². The van der Waals surface area contributed by atoms with Crippen molar-refractivity contribution in [3.8, 4) is 5.75 Å². The molecular formula is C17H19NO3. The van der Waals surface area contributed by atoms with E-state index < -0.39 is 0 Å². The highest BCUT2D eigenvalue weighted by molar-refractivity contribution is 5.74. The Morgan fingerprint density at radius 3 is 2.48 bits per heavy atom. The number of rotatable bonds is 6. The highest BCUT2D eigenvalue weighted by Gasteiger charge is 2.07. The second kappa shape index (κ2) is 7.33. The van der Waals surface area contributed by atoms with Gasteiger partial charge in [0.1, 0.15) is 5.75 Å². The van der Waals surface area contributed by atoms with Crippen molar-refractivity contribution in [1.29, 1.82) is 0 Å². The molecule has 2 N–H and O–H groups in total. The molecule has 0 atom stereocenters. The van der Waals surface area contributed by atoms with Gasteiger partial charge in [-0.05, 0) is 29.3 Å². The fourth-order valence-electron chi connectivity index (χ4n) is 1.98. The lowest BCUT2D eigenvalue weighted by molar-refractivity contribution is -0.142. The first-order valence-electron chi connectivity index (χ1n) is 6.81. The predicted octanol–water partition coefficient (Wildman–Crippen LogP) is 2.61. The topological polar surface area (TPSA) is 61.5 Å². The molecule has 0 amide bonds. The number of carbonyl (C=O) groups is 1. The summed E-state index contributed by atoms with van der Waals surface area (Å²) in [6.07, 6.45) is 0.884. The molecular weight excluding hydrogens is 266 g/mol. The number of ether oxygens (including phenoxy) is 2. The van der Waals surface area contributed by atoms with Crippen LogP contribution in [0.15, 0.2) is 48.5 Å². The molecule has 2 aromatic carbocycles. The number of anilines is 1. The van der Waals surface area contributed by atoms with E-state index in [1.165, 1.54) is 0 Å². The SMILES string of the molecule is COc1ccc(CCOC(=O)Cc2ccccc2N)cc1. The number of esters is 1. The van der Waals surface area contributed by atoms with Gasteiger partial charge in [-0.15, -0.1) is 0 Å². The Morgan fingerprint density at radius 2 is 1.81 bits per heavy atom. The van der Waals surface area contributed by atoms with Crippen LogP contribution >= 0.6 is 0 Å². The quantitative estimate of drug-likeness (QED) is 0.654. The average Bonchev–Trinajstić information content (AvgIpc) is 2.50. The van der Waals surface area contributed by atoms with Gasteiger partial charge in [-0.25, -0.2) is 0 Å². The molecule has 4 heteroatoms. The first-order valence-corrected chi connectivity index (χ1v) is 6.81. The predicted molar refractivity (Wildman–Crippen MR) is 82.2 cm³/mol. The van der Waals surface area contributed by atoms with E-state index in [-0.39, 0.29) is 12.4 Å². The smallest absolute Gasteiger partial charge is 0.310 e. The van der Waals surface area contributed by atoms with Crippen LogP contribution in [0.1, 0.15) is 11.1 Å². The third kappa shape index (κ3) is 4.53. The van der Waals surface area contributed by atoms with Gasteiger partial charge in [-0.1, -0.05) is 30.3 Å². The van der Waals surface area contributed by atoms with Gasteiger partial charge in [-0.3, -0.25) is 4.79 Å². The van der Waals surface area contributed by atoms with Crippen LogP contribution in [0, 0.1) is 0 Å². The third-order valence-corrected chi connectivity index (χ3v) is 3.20. The minimum Gasteiger partial charge on any atom is -0.497 e. The van der Waals surface area contributed by atoms with Crippen molar-refractivity contribution in [1.82, 2.24) is 0 Å². The lowest BCUT2D eigenvalue weighted by atomic mass is 10.1. The molecule has 0 saturated carbocycles. The van der Waals surface area contributed by atoms with Gasteiger partial charge >= 0.3 is 5.97 Å². The molecule has 0 aromatic heterocycles. The van der Waals surface area contributed by atoms with Crippen molar-refractivity contribution in [3.05, 3.63) is 59.7 Å². The van der Waals surface area contributed by atoms with Gasteiger partial charge in [0.05, 0.1) is 20.1 Å². The Hall–Kier alpha value is -2.49. The lowest BCUT2D eigenvalue weighted by Gasteiger charge is -2.07. The summed E-state index contributed by atoms with van der Waals surface area (Å²) in [6, 6.07) is 15.0. The molecule has 0 fully saturated rings. The first kappa shape index (κ1) is 14.9. The van der Waals surface area contributed by atoms with E-state index in [1.54, 1.807) is 13.2 Å². The number of carbonyl (C=O) groups excluding carboxylic acids is 1. The number of hydrogen-bond donors (Lipinski definition) is 1. The molecule has 4 nitrogen and oxygen atoms in total. The van der Waals surface area contributed by atoms with Crippen LogP contribution in [0.3, 0.4) is 0 Å². The number of nitrogen functional groups attached to an aromatic ring is 1. The Kier molecular flexibility index (Phi) is 5.21. The Labute approximate surface area is 124 Å². The fraction of sp³-hybridized carbons (Fsp3) is 0.235. The van der Waals surface area contributed by atoms with Gasteiger partial charge in [0.25, 0.3) is 0 Å². The summed E-state index contributed by atoms with van der Waals surface area (Å²) in [5.41, 5.74) is 8.31. The Balaban J connectivity index is 1.77. The molecule has 0 saturated heterocycles. The van der Waals surface area contributed by atoms with E-state index in [0.717, 1.165) is 16.9 Å². The van der Waals surface area contributed by atoms with Crippen molar-refractivity contribution in [2.45, 2.75) is 12.8 Å². The minimum absolute atomic E-state index is 0.204. The van der Waals surface area contributed by atoms with Gasteiger partial charge in [0, 0.05) is 12.1 Å². The van der Waals surface area contributed by atoms with Crippen molar-refractivity contribution in [3.63, 3.8) is 0 Å². The standard InChI is InChI=1S/C17H19NO3/c1-20-15-8-6-13(7-9-15)10-11-21-17(19)12-14-4-2-3-5-16(14)18/h2-9H,10-12,18H2,1H3. The van der Waals surface area contributed by atoms with Gasteiger partial charge < -0.3 is 15.2 Å². The second-order valence-corrected chi connectivity index (χ2v) is 4.69. The maximum Gasteiger partial charge on any atom is 0.310 e. The Morgan fingerprint density at radius 1 is 1.10 bits per heavy atom. The molecule has 2 aromatic rings. The van der Waals surface area contributed by atoms with Gasteiger partial charge in [-0.2, -0.15) is 0 Å². The number of hydrogen-bond acceptors (Lipinski definition) is 4. The monoisotopic (exact) mass is 285 g/mol. The van der Waals surface area contributed by atoms with Crippen LogP contribution in [0.25, 0.3) is 0 Å². The van der Waals surface area contributed by atoms with E-state index in [0.29, 0.717) is 18.7 Å². The summed E-state index contributed by atoms with van der Waals surface area (Å²) in [7, 11) is 1.63. The Bertz CT molecular complexity index is 593. The number of benzene rings is 2. The number of nitrogens with two attached hydrogens (primary N) is 1. The molecule has 0 aliphatic heterocycles. The molecule has 2 rings (SSSR count). The molecule has 21 heavy (non-hydrogen) atoms. The van der Waals surface area contributed by atoms with E-state index in [1.807, 2.05) is 42.5 Å². The molecule has 0 aliphatic rings. The number of para-hydroxylation sites is 1. The first-order chi connectivity index (χ1) is 10.2. The largest absolute Gasteiger partial charge is 0.497 e. The molecule has 0 bridgehead atoms. The maximum atomic E-state index is 11.8. The van der Waals surface area contributed by atoms with Gasteiger partial charge in [0.15, 0.2) is 0 Å².